The molecule has 2 rings (SSSR count). The van der Waals surface area contributed by atoms with Crippen molar-refractivity contribution in [1.82, 2.24) is 10.2 Å². The summed E-state index contributed by atoms with van der Waals surface area (Å²) in [7, 11) is 1.73. The second-order valence-corrected chi connectivity index (χ2v) is 5.80. The first-order valence-electron chi connectivity index (χ1n) is 8.05. The quantitative estimate of drug-likeness (QED) is 0.731. The fraction of sp³-hybridized carbons (Fsp3) is 0.316. The molecule has 1 atom stereocenters. The van der Waals surface area contributed by atoms with Crippen LogP contribution < -0.4 is 5.32 Å². The number of amides is 2. The predicted octanol–water partition coefficient (Wildman–Crippen LogP) is 3.05. The minimum Gasteiger partial charge on any atom is -0.508 e. The SMILES string of the molecule is CN(Cc1ccc(O)cc1)C(=O)NC(CCCO)c1ccccc1. The molecule has 0 saturated heterocycles. The molecular formula is C19H24N2O3. The number of phenolic OH excluding ortho intramolecular Hbond substituents is 1. The number of carbonyl (C=O) groups is 1. The van der Waals surface area contributed by atoms with E-state index in [0.717, 1.165) is 11.1 Å². The van der Waals surface area contributed by atoms with E-state index in [1.165, 1.54) is 0 Å². The van der Waals surface area contributed by atoms with Gasteiger partial charge in [-0.3, -0.25) is 0 Å². The van der Waals surface area contributed by atoms with E-state index >= 15 is 0 Å². The normalized spacial score (nSPS) is 11.8. The molecule has 5 heteroatoms. The van der Waals surface area contributed by atoms with Crippen LogP contribution in [0.1, 0.15) is 30.0 Å². The highest BCUT2D eigenvalue weighted by molar-refractivity contribution is 5.74. The minimum atomic E-state index is -0.171. The Morgan fingerprint density at radius 1 is 1.12 bits per heavy atom. The maximum Gasteiger partial charge on any atom is 0.317 e. The van der Waals surface area contributed by atoms with Crippen molar-refractivity contribution in [3.05, 3.63) is 65.7 Å². The molecule has 0 aliphatic carbocycles. The van der Waals surface area contributed by atoms with Crippen LogP contribution in [-0.2, 0) is 6.54 Å². The summed E-state index contributed by atoms with van der Waals surface area (Å²) >= 11 is 0. The lowest BCUT2D eigenvalue weighted by Crippen LogP contribution is -2.39. The number of carbonyl (C=O) groups excluding carboxylic acids is 1. The molecule has 0 radical (unpaired) electrons. The van der Waals surface area contributed by atoms with Crippen LogP contribution in [-0.4, -0.2) is 34.8 Å². The molecule has 2 aromatic carbocycles. The summed E-state index contributed by atoms with van der Waals surface area (Å²) in [6.45, 7) is 0.552. The third kappa shape index (κ3) is 5.28. The summed E-state index contributed by atoms with van der Waals surface area (Å²) in [4.78, 5) is 14.1. The zero-order valence-corrected chi connectivity index (χ0v) is 13.9. The first-order chi connectivity index (χ1) is 11.6. The number of aliphatic hydroxyl groups is 1. The number of hydrogen-bond acceptors (Lipinski definition) is 3. The van der Waals surface area contributed by atoms with Crippen LogP contribution in [0, 0.1) is 0 Å². The van der Waals surface area contributed by atoms with Crippen LogP contribution >= 0.6 is 0 Å². The lowest BCUT2D eigenvalue weighted by atomic mass is 10.0. The molecule has 128 valence electrons. The number of phenols is 1. The van der Waals surface area contributed by atoms with E-state index in [2.05, 4.69) is 5.32 Å². The molecular weight excluding hydrogens is 304 g/mol. The van der Waals surface area contributed by atoms with Crippen molar-refractivity contribution in [2.24, 2.45) is 0 Å². The highest BCUT2D eigenvalue weighted by Gasteiger charge is 2.17. The van der Waals surface area contributed by atoms with E-state index in [1.54, 1.807) is 36.2 Å². The Morgan fingerprint density at radius 3 is 2.42 bits per heavy atom. The van der Waals surface area contributed by atoms with Gasteiger partial charge in [0.1, 0.15) is 5.75 Å². The molecule has 1 unspecified atom stereocenters. The standard InChI is InChI=1S/C19H24N2O3/c1-21(14-15-9-11-17(23)12-10-15)19(24)20-18(8-5-13-22)16-6-3-2-4-7-16/h2-4,6-7,9-12,18,22-23H,5,8,13-14H2,1H3,(H,20,24). The van der Waals surface area contributed by atoms with E-state index in [1.807, 2.05) is 30.3 Å². The van der Waals surface area contributed by atoms with Gasteiger partial charge < -0.3 is 20.4 Å². The van der Waals surface area contributed by atoms with Crippen LogP contribution in [0.2, 0.25) is 0 Å². The Kier molecular flexibility index (Phi) is 6.63. The summed E-state index contributed by atoms with van der Waals surface area (Å²) in [6, 6.07) is 16.3. The van der Waals surface area contributed by atoms with Crippen LogP contribution in [0.3, 0.4) is 0 Å². The van der Waals surface area contributed by atoms with E-state index < -0.39 is 0 Å². The van der Waals surface area contributed by atoms with Gasteiger partial charge in [-0.15, -0.1) is 0 Å². The van der Waals surface area contributed by atoms with Crippen LogP contribution in [0.4, 0.5) is 4.79 Å². The maximum atomic E-state index is 12.5. The van der Waals surface area contributed by atoms with Crippen LogP contribution in [0.25, 0.3) is 0 Å². The fourth-order valence-electron chi connectivity index (χ4n) is 2.51. The maximum absolute atomic E-state index is 12.5. The van der Waals surface area contributed by atoms with Gasteiger partial charge in [-0.05, 0) is 36.1 Å². The number of nitrogens with one attached hydrogen (secondary N) is 1. The summed E-state index contributed by atoms with van der Waals surface area (Å²) < 4.78 is 0. The lowest BCUT2D eigenvalue weighted by molar-refractivity contribution is 0.200. The van der Waals surface area contributed by atoms with Crippen molar-refractivity contribution in [2.45, 2.75) is 25.4 Å². The molecule has 0 heterocycles. The molecule has 2 amide bonds. The monoisotopic (exact) mass is 328 g/mol. The Morgan fingerprint density at radius 2 is 1.79 bits per heavy atom. The molecule has 5 nitrogen and oxygen atoms in total. The Hall–Kier alpha value is -2.53. The number of aromatic hydroxyl groups is 1. The molecule has 2 aromatic rings. The average Bonchev–Trinajstić information content (AvgIpc) is 2.61. The predicted molar refractivity (Wildman–Crippen MR) is 93.6 cm³/mol. The van der Waals surface area contributed by atoms with E-state index in [4.69, 9.17) is 5.11 Å². The summed E-state index contributed by atoms with van der Waals surface area (Å²) in [5, 5.41) is 21.4. The molecule has 0 saturated carbocycles. The number of urea groups is 1. The summed E-state index contributed by atoms with van der Waals surface area (Å²) in [5.74, 6) is 0.207. The molecule has 3 N–H and O–H groups in total. The Bertz CT molecular complexity index is 629. The van der Waals surface area contributed by atoms with Gasteiger partial charge in [-0.1, -0.05) is 42.5 Å². The molecule has 0 spiro atoms. The molecule has 0 aliphatic rings. The number of hydrogen-bond donors (Lipinski definition) is 3. The first-order valence-corrected chi connectivity index (χ1v) is 8.05. The lowest BCUT2D eigenvalue weighted by Gasteiger charge is -2.24. The highest BCUT2D eigenvalue weighted by Crippen LogP contribution is 2.19. The second kappa shape index (κ2) is 8.93. The first kappa shape index (κ1) is 17.8. The Balaban J connectivity index is 1.99. The van der Waals surface area contributed by atoms with Crippen LogP contribution in [0.5, 0.6) is 5.75 Å². The minimum absolute atomic E-state index is 0.0998. The molecule has 0 bridgehead atoms. The van der Waals surface area contributed by atoms with Gasteiger partial charge in [-0.2, -0.15) is 0 Å². The largest absolute Gasteiger partial charge is 0.508 e. The van der Waals surface area contributed by atoms with E-state index in [-0.39, 0.29) is 24.4 Å². The average molecular weight is 328 g/mol. The molecule has 0 aromatic heterocycles. The number of rotatable bonds is 7. The van der Waals surface area contributed by atoms with Crippen molar-refractivity contribution in [1.29, 1.82) is 0 Å². The highest BCUT2D eigenvalue weighted by atomic mass is 16.3. The number of benzene rings is 2. The van der Waals surface area contributed by atoms with Crippen molar-refractivity contribution in [2.75, 3.05) is 13.7 Å². The van der Waals surface area contributed by atoms with Crippen LogP contribution in [0.15, 0.2) is 54.6 Å². The van der Waals surface area contributed by atoms with E-state index in [0.29, 0.717) is 19.4 Å². The summed E-state index contributed by atoms with van der Waals surface area (Å²) in [5.41, 5.74) is 1.97. The van der Waals surface area contributed by atoms with Gasteiger partial charge in [0.05, 0.1) is 6.04 Å². The van der Waals surface area contributed by atoms with Gasteiger partial charge in [-0.25, -0.2) is 4.79 Å². The second-order valence-electron chi connectivity index (χ2n) is 5.80. The molecule has 0 fully saturated rings. The number of nitrogens with zero attached hydrogens (tertiary/aromatic N) is 1. The van der Waals surface area contributed by atoms with E-state index in [9.17, 15) is 9.90 Å². The van der Waals surface area contributed by atoms with Crippen molar-refractivity contribution < 1.29 is 15.0 Å². The van der Waals surface area contributed by atoms with Gasteiger partial charge >= 0.3 is 6.03 Å². The van der Waals surface area contributed by atoms with Crippen molar-refractivity contribution >= 4 is 6.03 Å². The smallest absolute Gasteiger partial charge is 0.317 e. The van der Waals surface area contributed by atoms with Gasteiger partial charge in [0.2, 0.25) is 0 Å². The zero-order chi connectivity index (χ0) is 17.4. The fourth-order valence-corrected chi connectivity index (χ4v) is 2.51. The topological polar surface area (TPSA) is 72.8 Å². The Labute approximate surface area is 142 Å². The van der Waals surface area contributed by atoms with Gasteiger partial charge in [0, 0.05) is 20.2 Å². The molecule has 24 heavy (non-hydrogen) atoms. The molecule has 0 aliphatic heterocycles. The van der Waals surface area contributed by atoms with Gasteiger partial charge in [0.25, 0.3) is 0 Å². The van der Waals surface area contributed by atoms with Crippen molar-refractivity contribution in [3.63, 3.8) is 0 Å². The number of aliphatic hydroxyl groups excluding tert-OH is 1. The third-order valence-corrected chi connectivity index (χ3v) is 3.85. The zero-order valence-electron chi connectivity index (χ0n) is 13.9. The van der Waals surface area contributed by atoms with Crippen molar-refractivity contribution in [3.8, 4) is 5.75 Å². The van der Waals surface area contributed by atoms with Gasteiger partial charge in [0.15, 0.2) is 0 Å². The third-order valence-electron chi connectivity index (χ3n) is 3.85. The summed E-state index contributed by atoms with van der Waals surface area (Å²) in [6.07, 6.45) is 1.31.